The molecule has 0 saturated heterocycles. The average Bonchev–Trinajstić information content (AvgIpc) is 2.16. The van der Waals surface area contributed by atoms with Crippen molar-refractivity contribution < 1.29 is 4.79 Å². The van der Waals surface area contributed by atoms with E-state index in [9.17, 15) is 4.79 Å². The van der Waals surface area contributed by atoms with Gasteiger partial charge in [-0.15, -0.1) is 0 Å². The fraction of sp³-hybridized carbons (Fsp3) is 0.400. The molecule has 0 aliphatic carbocycles. The van der Waals surface area contributed by atoms with Crippen LogP contribution in [-0.2, 0) is 11.2 Å². The first kappa shape index (κ1) is 12.7. The van der Waals surface area contributed by atoms with E-state index in [0.717, 1.165) is 17.6 Å². The normalized spacial score (nSPS) is 11.9. The average molecular weight is 216 g/mol. The number of ketones is 1. The lowest BCUT2D eigenvalue weighted by Crippen LogP contribution is -1.94. The summed E-state index contributed by atoms with van der Waals surface area (Å²) in [6.45, 7) is 7.99. The highest BCUT2D eigenvalue weighted by atomic mass is 16.1. The zero-order valence-corrected chi connectivity index (χ0v) is 10.6. The Morgan fingerprint density at radius 3 is 2.19 bits per heavy atom. The molecule has 1 nitrogen and oxygen atoms in total. The number of benzene rings is 1. The summed E-state index contributed by atoms with van der Waals surface area (Å²) in [6.07, 6.45) is 2.78. The maximum Gasteiger partial charge on any atom is 0.152 e. The fourth-order valence-electron chi connectivity index (χ4n) is 1.76. The Bertz CT molecular complexity index is 382. The molecule has 0 unspecified atom stereocenters. The Morgan fingerprint density at radius 2 is 1.75 bits per heavy atom. The van der Waals surface area contributed by atoms with Gasteiger partial charge in [-0.1, -0.05) is 38.1 Å². The number of hydrogen-bond acceptors (Lipinski definition) is 1. The van der Waals surface area contributed by atoms with Gasteiger partial charge in [-0.05, 0) is 49.0 Å². The van der Waals surface area contributed by atoms with E-state index in [-0.39, 0.29) is 5.78 Å². The van der Waals surface area contributed by atoms with Crippen LogP contribution in [0, 0.1) is 5.92 Å². The maximum absolute atomic E-state index is 11.0. The number of hydrogen-bond donors (Lipinski definition) is 0. The molecule has 0 radical (unpaired) electrons. The quantitative estimate of drug-likeness (QED) is 0.698. The lowest BCUT2D eigenvalue weighted by atomic mass is 9.99. The third-order valence-electron chi connectivity index (χ3n) is 2.47. The second-order valence-corrected chi connectivity index (χ2v) is 4.73. The van der Waals surface area contributed by atoms with E-state index >= 15 is 0 Å². The molecule has 1 aromatic carbocycles. The predicted octanol–water partition coefficient (Wildman–Crippen LogP) is 3.88. The standard InChI is InChI=1S/C15H20O/c1-11(2)9-14-5-7-15(8-6-14)12(3)10-13(4)16/h5-8,10-11H,9H2,1-4H3. The van der Waals surface area contributed by atoms with Crippen LogP contribution in [0.15, 0.2) is 30.3 Å². The molecule has 0 aromatic heterocycles. The molecule has 86 valence electrons. The summed E-state index contributed by atoms with van der Waals surface area (Å²) in [7, 11) is 0. The molecule has 0 N–H and O–H groups in total. The van der Waals surface area contributed by atoms with Gasteiger partial charge < -0.3 is 0 Å². The van der Waals surface area contributed by atoms with Crippen LogP contribution >= 0.6 is 0 Å². The summed E-state index contributed by atoms with van der Waals surface area (Å²) in [5, 5.41) is 0. The largest absolute Gasteiger partial charge is 0.295 e. The number of rotatable bonds is 4. The lowest BCUT2D eigenvalue weighted by Gasteiger charge is -2.06. The number of carbonyl (C=O) groups excluding carboxylic acids is 1. The van der Waals surface area contributed by atoms with Gasteiger partial charge in [0.05, 0.1) is 0 Å². The summed E-state index contributed by atoms with van der Waals surface area (Å²) >= 11 is 0. The second-order valence-electron chi connectivity index (χ2n) is 4.73. The van der Waals surface area contributed by atoms with Gasteiger partial charge in [0.2, 0.25) is 0 Å². The van der Waals surface area contributed by atoms with Gasteiger partial charge in [0.1, 0.15) is 0 Å². The maximum atomic E-state index is 11.0. The van der Waals surface area contributed by atoms with E-state index in [0.29, 0.717) is 5.92 Å². The molecule has 1 heteroatoms. The van der Waals surface area contributed by atoms with E-state index in [1.54, 1.807) is 13.0 Å². The van der Waals surface area contributed by atoms with Crippen molar-refractivity contribution >= 4 is 11.4 Å². The molecule has 16 heavy (non-hydrogen) atoms. The van der Waals surface area contributed by atoms with E-state index in [4.69, 9.17) is 0 Å². The Hall–Kier alpha value is -1.37. The molecular formula is C15H20O. The molecule has 0 atom stereocenters. The monoisotopic (exact) mass is 216 g/mol. The summed E-state index contributed by atoms with van der Waals surface area (Å²) in [6, 6.07) is 8.47. The van der Waals surface area contributed by atoms with Crippen LogP contribution in [-0.4, -0.2) is 5.78 Å². The highest BCUT2D eigenvalue weighted by Crippen LogP contribution is 2.16. The van der Waals surface area contributed by atoms with Crippen molar-refractivity contribution in [1.29, 1.82) is 0 Å². The summed E-state index contributed by atoms with van der Waals surface area (Å²) in [5.74, 6) is 0.781. The van der Waals surface area contributed by atoms with Crippen LogP contribution < -0.4 is 0 Å². The third-order valence-corrected chi connectivity index (χ3v) is 2.47. The zero-order valence-electron chi connectivity index (χ0n) is 10.6. The van der Waals surface area contributed by atoms with Crippen molar-refractivity contribution in [3.63, 3.8) is 0 Å². The van der Waals surface area contributed by atoms with Crippen molar-refractivity contribution in [3.05, 3.63) is 41.5 Å². The van der Waals surface area contributed by atoms with Crippen LogP contribution in [0.5, 0.6) is 0 Å². The van der Waals surface area contributed by atoms with Crippen LogP contribution in [0.4, 0.5) is 0 Å². The van der Waals surface area contributed by atoms with Gasteiger partial charge in [-0.3, -0.25) is 4.79 Å². The molecule has 0 aliphatic rings. The molecule has 1 rings (SSSR count). The molecule has 1 aromatic rings. The summed E-state index contributed by atoms with van der Waals surface area (Å²) in [4.78, 5) is 11.0. The van der Waals surface area contributed by atoms with Crippen molar-refractivity contribution in [2.24, 2.45) is 5.92 Å². The minimum atomic E-state index is 0.101. The zero-order chi connectivity index (χ0) is 12.1. The van der Waals surface area contributed by atoms with Gasteiger partial charge in [0.15, 0.2) is 5.78 Å². The minimum Gasteiger partial charge on any atom is -0.295 e. The summed E-state index contributed by atoms with van der Waals surface area (Å²) < 4.78 is 0. The van der Waals surface area contributed by atoms with Crippen molar-refractivity contribution in [1.82, 2.24) is 0 Å². The number of carbonyl (C=O) groups is 1. The van der Waals surface area contributed by atoms with E-state index in [1.807, 2.05) is 6.92 Å². The van der Waals surface area contributed by atoms with E-state index in [2.05, 4.69) is 38.1 Å². The first-order valence-electron chi connectivity index (χ1n) is 5.77. The molecule has 0 saturated carbocycles. The first-order chi connectivity index (χ1) is 7.49. The van der Waals surface area contributed by atoms with Crippen molar-refractivity contribution in [2.45, 2.75) is 34.1 Å². The molecule has 0 fully saturated rings. The van der Waals surface area contributed by atoms with Crippen LogP contribution in [0.25, 0.3) is 5.57 Å². The van der Waals surface area contributed by atoms with Gasteiger partial charge in [0.25, 0.3) is 0 Å². The van der Waals surface area contributed by atoms with Gasteiger partial charge >= 0.3 is 0 Å². The Morgan fingerprint density at radius 1 is 1.19 bits per heavy atom. The van der Waals surface area contributed by atoms with E-state index in [1.165, 1.54) is 5.56 Å². The number of allylic oxidation sites excluding steroid dienone is 2. The fourth-order valence-corrected chi connectivity index (χ4v) is 1.76. The van der Waals surface area contributed by atoms with Gasteiger partial charge in [-0.25, -0.2) is 0 Å². The van der Waals surface area contributed by atoms with Crippen molar-refractivity contribution in [2.75, 3.05) is 0 Å². The van der Waals surface area contributed by atoms with Crippen molar-refractivity contribution in [3.8, 4) is 0 Å². The van der Waals surface area contributed by atoms with Gasteiger partial charge in [0, 0.05) is 0 Å². The Kier molecular flexibility index (Phi) is 4.48. The topological polar surface area (TPSA) is 17.1 Å². The van der Waals surface area contributed by atoms with E-state index < -0.39 is 0 Å². The SMILES string of the molecule is CC(=O)C=C(C)c1ccc(CC(C)C)cc1. The van der Waals surface area contributed by atoms with Gasteiger partial charge in [-0.2, -0.15) is 0 Å². The second kappa shape index (κ2) is 5.64. The van der Waals surface area contributed by atoms with Crippen LogP contribution in [0.3, 0.4) is 0 Å². The predicted molar refractivity (Wildman–Crippen MR) is 69.3 cm³/mol. The molecule has 0 spiro atoms. The Balaban J connectivity index is 2.82. The Labute approximate surface area is 98.2 Å². The highest BCUT2D eigenvalue weighted by molar-refractivity contribution is 5.94. The minimum absolute atomic E-state index is 0.101. The molecule has 0 bridgehead atoms. The first-order valence-corrected chi connectivity index (χ1v) is 5.77. The molecular weight excluding hydrogens is 196 g/mol. The van der Waals surface area contributed by atoms with Crippen LogP contribution in [0.1, 0.15) is 38.8 Å². The highest BCUT2D eigenvalue weighted by Gasteiger charge is 2.00. The van der Waals surface area contributed by atoms with Crippen LogP contribution in [0.2, 0.25) is 0 Å². The smallest absolute Gasteiger partial charge is 0.152 e. The summed E-state index contributed by atoms with van der Waals surface area (Å²) in [5.41, 5.74) is 3.51. The molecule has 0 heterocycles. The molecule has 0 aliphatic heterocycles. The lowest BCUT2D eigenvalue weighted by molar-refractivity contribution is -0.112. The molecule has 0 amide bonds. The third kappa shape index (κ3) is 4.01.